The van der Waals surface area contributed by atoms with Gasteiger partial charge in [-0.3, -0.25) is 0 Å². The van der Waals surface area contributed by atoms with E-state index in [0.717, 1.165) is 21.6 Å². The van der Waals surface area contributed by atoms with Crippen LogP contribution in [0.15, 0.2) is 12.1 Å². The van der Waals surface area contributed by atoms with Gasteiger partial charge in [0.15, 0.2) is 0 Å². The quantitative estimate of drug-likeness (QED) is 0.405. The summed E-state index contributed by atoms with van der Waals surface area (Å²) < 4.78 is 0. The molecular weight excluding hydrogens is 487 g/mol. The molecule has 0 saturated heterocycles. The van der Waals surface area contributed by atoms with Crippen LogP contribution in [0.25, 0.3) is 0 Å². The lowest BCUT2D eigenvalue weighted by Crippen LogP contribution is -3.00. The van der Waals surface area contributed by atoms with Gasteiger partial charge in [0.1, 0.15) is 34.5 Å². The normalized spacial score (nSPS) is 10.5. The van der Waals surface area contributed by atoms with Crippen molar-refractivity contribution in [2.24, 2.45) is 0 Å². The highest BCUT2D eigenvalue weighted by Gasteiger charge is 2.20. The zero-order chi connectivity index (χ0) is 15.1. The number of rotatable bonds is 8. The van der Waals surface area contributed by atoms with Crippen LogP contribution < -0.4 is 34.0 Å². The van der Waals surface area contributed by atoms with Gasteiger partial charge in [0.2, 0.25) is 0 Å². The first kappa shape index (κ1) is 25.7. The van der Waals surface area contributed by atoms with Crippen LogP contribution in [0.3, 0.4) is 0 Å². The molecule has 1 aromatic carbocycles. The average Bonchev–Trinajstić information content (AvgIpc) is 2.46. The van der Waals surface area contributed by atoms with Crippen LogP contribution in [0.1, 0.15) is 38.8 Å². The molecule has 0 fully saturated rings. The van der Waals surface area contributed by atoms with Gasteiger partial charge in [0.05, 0.1) is 0 Å². The lowest BCUT2D eigenvalue weighted by Gasteiger charge is -2.11. The minimum atomic E-state index is 0. The van der Waals surface area contributed by atoms with E-state index < -0.39 is 0 Å². The third-order valence-corrected chi connectivity index (χ3v) is 8.98. The Morgan fingerprint density at radius 1 is 0.682 bits per heavy atom. The third kappa shape index (κ3) is 8.02. The standard InChI is InChI=1S/C16H26Cl2S2.2BrH/c1-5-19(6-2)11-13-9-16(18)14(10-15(13)17)12-20(7-3)8-4;;/h9-10H,5-8,11-12H2,1-4H3;2*1H/q+2;;/p-2. The van der Waals surface area contributed by atoms with E-state index >= 15 is 0 Å². The molecule has 0 aliphatic rings. The lowest BCUT2D eigenvalue weighted by atomic mass is 10.2. The molecule has 0 nitrogen and oxygen atoms in total. The van der Waals surface area contributed by atoms with Crippen LogP contribution in [0, 0.1) is 0 Å². The van der Waals surface area contributed by atoms with Crippen molar-refractivity contribution in [1.29, 1.82) is 0 Å². The van der Waals surface area contributed by atoms with Crippen molar-refractivity contribution in [3.63, 3.8) is 0 Å². The van der Waals surface area contributed by atoms with E-state index in [4.69, 9.17) is 23.2 Å². The van der Waals surface area contributed by atoms with Crippen LogP contribution in [0.4, 0.5) is 0 Å². The van der Waals surface area contributed by atoms with Gasteiger partial charge in [-0.25, -0.2) is 0 Å². The van der Waals surface area contributed by atoms with Crippen molar-refractivity contribution < 1.29 is 34.0 Å². The number of hydrogen-bond donors (Lipinski definition) is 0. The number of hydrogen-bond acceptors (Lipinski definition) is 0. The molecule has 0 radical (unpaired) electrons. The van der Waals surface area contributed by atoms with Crippen LogP contribution in [0.5, 0.6) is 0 Å². The highest BCUT2D eigenvalue weighted by Crippen LogP contribution is 2.29. The largest absolute Gasteiger partial charge is 1.00 e. The van der Waals surface area contributed by atoms with Gasteiger partial charge >= 0.3 is 0 Å². The Balaban J connectivity index is 0. The lowest BCUT2D eigenvalue weighted by molar-refractivity contribution is -0.00100. The van der Waals surface area contributed by atoms with E-state index in [2.05, 4.69) is 39.8 Å². The summed E-state index contributed by atoms with van der Waals surface area (Å²) in [6.07, 6.45) is 0. The molecule has 0 unspecified atom stereocenters. The maximum atomic E-state index is 6.48. The topological polar surface area (TPSA) is 0 Å². The summed E-state index contributed by atoms with van der Waals surface area (Å²) in [6.45, 7) is 9.02. The Bertz CT molecular complexity index is 383. The minimum absolute atomic E-state index is 0. The summed E-state index contributed by atoms with van der Waals surface area (Å²) in [7, 11) is 0.860. The first-order valence-corrected chi connectivity index (χ1v) is 11.5. The van der Waals surface area contributed by atoms with Crippen molar-refractivity contribution >= 4 is 45.0 Å². The fourth-order valence-electron chi connectivity index (χ4n) is 2.11. The molecular formula is C16H26Br2Cl2S2. The van der Waals surface area contributed by atoms with Crippen molar-refractivity contribution in [3.8, 4) is 0 Å². The van der Waals surface area contributed by atoms with E-state index in [1.54, 1.807) is 0 Å². The second kappa shape index (κ2) is 13.7. The molecule has 1 aromatic rings. The van der Waals surface area contributed by atoms with Gasteiger partial charge in [0.25, 0.3) is 0 Å². The van der Waals surface area contributed by atoms with Gasteiger partial charge in [-0.1, -0.05) is 23.2 Å². The predicted octanol–water partition coefficient (Wildman–Crippen LogP) is -0.682. The molecule has 0 heterocycles. The number of halogens is 4. The van der Waals surface area contributed by atoms with Crippen molar-refractivity contribution in [1.82, 2.24) is 0 Å². The van der Waals surface area contributed by atoms with Gasteiger partial charge in [-0.2, -0.15) is 0 Å². The Labute approximate surface area is 173 Å². The van der Waals surface area contributed by atoms with E-state index in [0.29, 0.717) is 21.8 Å². The fourth-order valence-corrected chi connectivity index (χ4v) is 5.76. The Hall–Kier alpha value is 1.46. The molecule has 0 bridgehead atoms. The molecule has 1 rings (SSSR count). The van der Waals surface area contributed by atoms with Crippen molar-refractivity contribution in [2.45, 2.75) is 39.2 Å². The Morgan fingerprint density at radius 3 is 1.18 bits per heavy atom. The highest BCUT2D eigenvalue weighted by atomic mass is 79.9. The molecule has 0 aliphatic heterocycles. The molecule has 0 aliphatic carbocycles. The van der Waals surface area contributed by atoms with E-state index in [9.17, 15) is 0 Å². The van der Waals surface area contributed by atoms with Gasteiger partial charge in [-0.15, -0.1) is 0 Å². The predicted molar refractivity (Wildman–Crippen MR) is 101 cm³/mol. The van der Waals surface area contributed by atoms with Crippen molar-refractivity contribution in [2.75, 3.05) is 23.0 Å². The van der Waals surface area contributed by atoms with Gasteiger partial charge < -0.3 is 34.0 Å². The van der Waals surface area contributed by atoms with Crippen LogP contribution in [-0.2, 0) is 33.3 Å². The maximum absolute atomic E-state index is 6.48. The molecule has 0 spiro atoms. The molecule has 6 heteroatoms. The first-order chi connectivity index (χ1) is 9.55. The molecule has 130 valence electrons. The first-order valence-electron chi connectivity index (χ1n) is 7.30. The van der Waals surface area contributed by atoms with E-state index in [1.165, 1.54) is 34.1 Å². The van der Waals surface area contributed by atoms with Crippen molar-refractivity contribution in [3.05, 3.63) is 33.3 Å². The smallest absolute Gasteiger partial charge is 0.134 e. The second-order valence-electron chi connectivity index (χ2n) is 4.70. The summed E-state index contributed by atoms with van der Waals surface area (Å²) >= 11 is 13.0. The summed E-state index contributed by atoms with van der Waals surface area (Å²) in [5.41, 5.74) is 2.45. The van der Waals surface area contributed by atoms with Gasteiger partial charge in [-0.05, 0) is 61.6 Å². The molecule has 0 aromatic heterocycles. The van der Waals surface area contributed by atoms with Crippen LogP contribution >= 0.6 is 23.2 Å². The summed E-state index contributed by atoms with van der Waals surface area (Å²) in [5.74, 6) is 7.03. The molecule has 0 atom stereocenters. The molecule has 22 heavy (non-hydrogen) atoms. The molecule has 0 saturated carbocycles. The third-order valence-electron chi connectivity index (χ3n) is 3.57. The second-order valence-corrected chi connectivity index (χ2v) is 10.9. The summed E-state index contributed by atoms with van der Waals surface area (Å²) in [4.78, 5) is 0. The molecule has 0 amide bonds. The van der Waals surface area contributed by atoms with Gasteiger partial charge in [0, 0.05) is 21.2 Å². The summed E-state index contributed by atoms with van der Waals surface area (Å²) in [5, 5.41) is 1.80. The summed E-state index contributed by atoms with van der Waals surface area (Å²) in [6, 6.07) is 4.22. The Morgan fingerprint density at radius 2 is 0.955 bits per heavy atom. The highest BCUT2D eigenvalue weighted by molar-refractivity contribution is 7.96. The van der Waals surface area contributed by atoms with Crippen LogP contribution in [-0.4, -0.2) is 23.0 Å². The van der Waals surface area contributed by atoms with Crippen LogP contribution in [0.2, 0.25) is 10.0 Å². The Kier molecular flexibility index (Phi) is 16.0. The van der Waals surface area contributed by atoms with E-state index in [-0.39, 0.29) is 34.0 Å². The number of benzene rings is 1. The monoisotopic (exact) mass is 510 g/mol. The zero-order valence-corrected chi connectivity index (χ0v) is 20.0. The average molecular weight is 513 g/mol. The maximum Gasteiger partial charge on any atom is 0.134 e. The fraction of sp³-hybridized carbons (Fsp3) is 0.625. The van der Waals surface area contributed by atoms with E-state index in [1.807, 2.05) is 0 Å². The minimum Gasteiger partial charge on any atom is -1.00 e. The molecule has 0 N–H and O–H groups in total. The zero-order valence-electron chi connectivity index (χ0n) is 13.7. The SMILES string of the molecule is CC[S+](CC)Cc1cc(Cl)c(C[S+](CC)CC)cc1Cl.[Br-].[Br-].